The molecule has 50 valence electrons. The van der Waals surface area contributed by atoms with Crippen molar-refractivity contribution in [3.8, 4) is 0 Å². The van der Waals surface area contributed by atoms with Crippen LogP contribution in [0.25, 0.3) is 0 Å². The average molecular weight is 244 g/mol. The van der Waals surface area contributed by atoms with Crippen LogP contribution in [0.3, 0.4) is 0 Å². The van der Waals surface area contributed by atoms with Crippen LogP contribution in [-0.4, -0.2) is 27.3 Å². The minimum atomic E-state index is 0.862. The van der Waals surface area contributed by atoms with E-state index < -0.39 is 0 Å². The van der Waals surface area contributed by atoms with Gasteiger partial charge in [-0.15, -0.1) is 0 Å². The molecule has 0 bridgehead atoms. The molecular weight excluding hydrogens is 230 g/mol. The van der Waals surface area contributed by atoms with Gasteiger partial charge >= 0.3 is 65.2 Å². The van der Waals surface area contributed by atoms with Crippen LogP contribution in [0.1, 0.15) is 32.6 Å². The van der Waals surface area contributed by atoms with Crippen molar-refractivity contribution in [1.29, 1.82) is 0 Å². The molecule has 0 radical (unpaired) electrons. The van der Waals surface area contributed by atoms with E-state index in [2.05, 4.69) is 21.1 Å². The summed E-state index contributed by atoms with van der Waals surface area (Å²) < 4.78 is 0. The van der Waals surface area contributed by atoms with Gasteiger partial charge in [0.25, 0.3) is 0 Å². The van der Waals surface area contributed by atoms with Gasteiger partial charge < -0.3 is 0 Å². The van der Waals surface area contributed by atoms with Gasteiger partial charge in [-0.3, -0.25) is 0 Å². The van der Waals surface area contributed by atoms with Crippen molar-refractivity contribution >= 4 is 27.3 Å². The second-order valence-electron chi connectivity index (χ2n) is 1.89. The van der Waals surface area contributed by atoms with Gasteiger partial charge in [-0.25, -0.2) is 0 Å². The third-order valence-electron chi connectivity index (χ3n) is 1.09. The van der Waals surface area contributed by atoms with Gasteiger partial charge in [0.05, 0.1) is 0 Å². The molecule has 0 aliphatic heterocycles. The van der Waals surface area contributed by atoms with Crippen LogP contribution < -0.4 is 0 Å². The van der Waals surface area contributed by atoms with Gasteiger partial charge in [0.15, 0.2) is 0 Å². The van der Waals surface area contributed by atoms with Crippen LogP contribution in [0.5, 0.6) is 0 Å². The normalized spacial score (nSPS) is 9.75. The SMILES string of the molecule is CCCCCC[Se][SeH]. The Hall–Kier alpha value is 1.04. The molecule has 0 heterocycles. The summed E-state index contributed by atoms with van der Waals surface area (Å²) in [5, 5.41) is 1.47. The summed E-state index contributed by atoms with van der Waals surface area (Å²) in [5.74, 6) is 0. The predicted octanol–water partition coefficient (Wildman–Crippen LogP) is 1.50. The first-order valence-corrected chi connectivity index (χ1v) is 9.14. The molecule has 0 aromatic rings. The molecule has 0 atom stereocenters. The molecule has 0 aromatic carbocycles. The molecule has 0 rings (SSSR count). The fraction of sp³-hybridized carbons (Fsp3) is 1.00. The Bertz CT molecular complexity index is 31.5. The monoisotopic (exact) mass is 246 g/mol. The van der Waals surface area contributed by atoms with E-state index in [4.69, 9.17) is 0 Å². The third kappa shape index (κ3) is 7.04. The summed E-state index contributed by atoms with van der Waals surface area (Å²) in [6, 6.07) is 0. The summed E-state index contributed by atoms with van der Waals surface area (Å²) >= 11 is 3.56. The van der Waals surface area contributed by atoms with Crippen molar-refractivity contribution in [1.82, 2.24) is 0 Å². The Balaban J connectivity index is 2.53. The fourth-order valence-electron chi connectivity index (χ4n) is 0.593. The van der Waals surface area contributed by atoms with Crippen molar-refractivity contribution in [2.24, 2.45) is 0 Å². The van der Waals surface area contributed by atoms with E-state index in [-0.39, 0.29) is 0 Å². The van der Waals surface area contributed by atoms with E-state index in [9.17, 15) is 0 Å². The Morgan fingerprint density at radius 2 is 2.00 bits per heavy atom. The Morgan fingerprint density at radius 1 is 1.25 bits per heavy atom. The molecule has 2 heteroatoms. The van der Waals surface area contributed by atoms with Crippen molar-refractivity contribution in [3.05, 3.63) is 0 Å². The molecule has 0 saturated carbocycles. The van der Waals surface area contributed by atoms with Crippen LogP contribution >= 0.6 is 0 Å². The van der Waals surface area contributed by atoms with Crippen LogP contribution in [0.4, 0.5) is 0 Å². The molecule has 0 N–H and O–H groups in total. The zero-order chi connectivity index (χ0) is 6.24. The molecule has 0 aromatic heterocycles. The zero-order valence-corrected chi connectivity index (χ0v) is 8.98. The van der Waals surface area contributed by atoms with E-state index in [0.29, 0.717) is 0 Å². The van der Waals surface area contributed by atoms with Crippen LogP contribution in [0, 0.1) is 0 Å². The minimum absolute atomic E-state index is 0.862. The van der Waals surface area contributed by atoms with Crippen LogP contribution in [0.2, 0.25) is 5.32 Å². The van der Waals surface area contributed by atoms with Gasteiger partial charge in [-0.1, -0.05) is 0 Å². The first-order chi connectivity index (χ1) is 3.91. The summed E-state index contributed by atoms with van der Waals surface area (Å²) in [5.41, 5.74) is 0. The standard InChI is InChI=1S/C6H14Se2/c1-2-3-4-5-6-8-7/h7H,2-6H2,1H3. The van der Waals surface area contributed by atoms with E-state index in [1.165, 1.54) is 31.0 Å². The van der Waals surface area contributed by atoms with Crippen LogP contribution in [-0.2, 0) is 0 Å². The zero-order valence-electron chi connectivity index (χ0n) is 5.39. The predicted molar refractivity (Wildman–Crippen MR) is 41.9 cm³/mol. The van der Waals surface area contributed by atoms with Gasteiger partial charge in [-0.05, 0) is 0 Å². The molecule has 0 saturated heterocycles. The topological polar surface area (TPSA) is 0 Å². The molecule has 0 aliphatic carbocycles. The van der Waals surface area contributed by atoms with Crippen molar-refractivity contribution in [2.75, 3.05) is 0 Å². The van der Waals surface area contributed by atoms with Gasteiger partial charge in [-0.2, -0.15) is 0 Å². The molecule has 0 unspecified atom stereocenters. The average Bonchev–Trinajstić information content (AvgIpc) is 1.81. The van der Waals surface area contributed by atoms with Crippen molar-refractivity contribution in [2.45, 2.75) is 37.9 Å². The molecule has 0 fully saturated rings. The number of hydrogen-bond donors (Lipinski definition) is 0. The molecule has 8 heavy (non-hydrogen) atoms. The Labute approximate surface area is 65.3 Å². The Morgan fingerprint density at radius 3 is 2.50 bits per heavy atom. The molecule has 0 spiro atoms. The Kier molecular flexibility index (Phi) is 9.08. The first kappa shape index (κ1) is 9.04. The molecular formula is C6H14Se2. The number of unbranched alkanes of at least 4 members (excludes halogenated alkanes) is 3. The summed E-state index contributed by atoms with van der Waals surface area (Å²) in [4.78, 5) is 0. The second kappa shape index (κ2) is 8.04. The van der Waals surface area contributed by atoms with Gasteiger partial charge in [0.1, 0.15) is 0 Å². The molecule has 0 nitrogen and oxygen atoms in total. The molecule has 0 amide bonds. The number of rotatable bonds is 5. The third-order valence-corrected chi connectivity index (χ3v) is 4.07. The fourth-order valence-corrected chi connectivity index (χ4v) is 2.70. The van der Waals surface area contributed by atoms with Crippen molar-refractivity contribution in [3.63, 3.8) is 0 Å². The maximum absolute atomic E-state index is 2.70. The summed E-state index contributed by atoms with van der Waals surface area (Å²) in [6.07, 6.45) is 5.72. The van der Waals surface area contributed by atoms with Crippen LogP contribution in [0.15, 0.2) is 0 Å². The van der Waals surface area contributed by atoms with E-state index in [0.717, 1.165) is 13.1 Å². The van der Waals surface area contributed by atoms with Gasteiger partial charge in [0, 0.05) is 0 Å². The second-order valence-corrected chi connectivity index (χ2v) is 6.11. The first-order valence-electron chi connectivity index (χ1n) is 3.18. The quantitative estimate of drug-likeness (QED) is 0.508. The number of hydrogen-bond acceptors (Lipinski definition) is 0. The van der Waals surface area contributed by atoms with E-state index in [1.807, 2.05) is 0 Å². The van der Waals surface area contributed by atoms with E-state index in [1.54, 1.807) is 0 Å². The summed E-state index contributed by atoms with van der Waals surface area (Å²) in [7, 11) is 0. The summed E-state index contributed by atoms with van der Waals surface area (Å²) in [6.45, 7) is 2.26. The van der Waals surface area contributed by atoms with Gasteiger partial charge in [0.2, 0.25) is 0 Å². The van der Waals surface area contributed by atoms with E-state index >= 15 is 0 Å². The maximum atomic E-state index is 2.70. The molecule has 0 aliphatic rings. The van der Waals surface area contributed by atoms with Crippen molar-refractivity contribution < 1.29 is 0 Å².